The van der Waals surface area contributed by atoms with Crippen molar-refractivity contribution in [3.05, 3.63) is 30.1 Å². The lowest BCUT2D eigenvalue weighted by molar-refractivity contribution is -0.115. The topological polar surface area (TPSA) is 92.8 Å². The summed E-state index contributed by atoms with van der Waals surface area (Å²) in [5.41, 5.74) is 0.830. The highest BCUT2D eigenvalue weighted by atomic mass is 16.5. The SMILES string of the molecule is COc1n[nH]c(NC(=O)Cc2cccnc2)n1. The molecule has 0 saturated carbocycles. The highest BCUT2D eigenvalue weighted by Gasteiger charge is 2.07. The van der Waals surface area contributed by atoms with Crippen molar-refractivity contribution in [3.8, 4) is 6.01 Å². The van der Waals surface area contributed by atoms with Gasteiger partial charge in [-0.1, -0.05) is 6.07 Å². The Morgan fingerprint density at radius 3 is 3.12 bits per heavy atom. The van der Waals surface area contributed by atoms with Crippen LogP contribution < -0.4 is 10.1 Å². The molecule has 2 N–H and O–H groups in total. The van der Waals surface area contributed by atoms with E-state index in [-0.39, 0.29) is 24.3 Å². The van der Waals surface area contributed by atoms with Crippen LogP contribution in [0.5, 0.6) is 6.01 Å². The number of carbonyl (C=O) groups excluding carboxylic acids is 1. The second kappa shape index (κ2) is 5.06. The summed E-state index contributed by atoms with van der Waals surface area (Å²) in [4.78, 5) is 19.4. The Balaban J connectivity index is 1.93. The van der Waals surface area contributed by atoms with Gasteiger partial charge in [0, 0.05) is 12.4 Å². The van der Waals surface area contributed by atoms with Gasteiger partial charge in [0.05, 0.1) is 13.5 Å². The van der Waals surface area contributed by atoms with E-state index in [2.05, 4.69) is 25.5 Å². The number of H-pyrrole nitrogens is 1. The van der Waals surface area contributed by atoms with Crippen molar-refractivity contribution >= 4 is 11.9 Å². The van der Waals surface area contributed by atoms with Gasteiger partial charge in [-0.05, 0) is 11.6 Å². The van der Waals surface area contributed by atoms with Crippen LogP contribution in [0.4, 0.5) is 5.95 Å². The molecule has 2 aromatic heterocycles. The molecule has 0 atom stereocenters. The van der Waals surface area contributed by atoms with Crippen LogP contribution in [0.25, 0.3) is 0 Å². The number of carbonyl (C=O) groups is 1. The molecule has 2 rings (SSSR count). The minimum absolute atomic E-state index is 0.182. The first-order valence-electron chi connectivity index (χ1n) is 4.93. The van der Waals surface area contributed by atoms with Gasteiger partial charge in [0.1, 0.15) is 0 Å². The van der Waals surface area contributed by atoms with E-state index in [0.717, 1.165) is 5.56 Å². The zero-order valence-electron chi connectivity index (χ0n) is 9.17. The fourth-order valence-corrected chi connectivity index (χ4v) is 1.26. The predicted octanol–water partition coefficient (Wildman–Crippen LogP) is 0.390. The first-order valence-corrected chi connectivity index (χ1v) is 4.93. The number of ether oxygens (including phenoxy) is 1. The number of nitrogens with one attached hydrogen (secondary N) is 2. The van der Waals surface area contributed by atoms with Gasteiger partial charge < -0.3 is 4.74 Å². The molecular formula is C10H11N5O2. The van der Waals surface area contributed by atoms with Gasteiger partial charge in [0.15, 0.2) is 0 Å². The van der Waals surface area contributed by atoms with Crippen LogP contribution >= 0.6 is 0 Å². The number of pyridine rings is 1. The standard InChI is InChI=1S/C10H11N5O2/c1-17-10-13-9(14-15-10)12-8(16)5-7-3-2-4-11-6-7/h2-4,6H,5H2,1H3,(H2,12,13,14,15,16). The maximum atomic E-state index is 11.6. The molecule has 0 saturated heterocycles. The fourth-order valence-electron chi connectivity index (χ4n) is 1.26. The number of hydrogen-bond acceptors (Lipinski definition) is 5. The molecule has 0 aliphatic rings. The van der Waals surface area contributed by atoms with Crippen LogP contribution in [0.1, 0.15) is 5.56 Å². The van der Waals surface area contributed by atoms with Gasteiger partial charge in [-0.3, -0.25) is 15.1 Å². The first kappa shape index (κ1) is 11.1. The van der Waals surface area contributed by atoms with E-state index >= 15 is 0 Å². The van der Waals surface area contributed by atoms with E-state index in [1.165, 1.54) is 7.11 Å². The summed E-state index contributed by atoms with van der Waals surface area (Å²) in [6, 6.07) is 3.79. The molecule has 88 valence electrons. The fraction of sp³-hybridized carbons (Fsp3) is 0.200. The summed E-state index contributed by atoms with van der Waals surface area (Å²) in [6.07, 6.45) is 3.53. The van der Waals surface area contributed by atoms with Crippen LogP contribution in [0.15, 0.2) is 24.5 Å². The molecule has 17 heavy (non-hydrogen) atoms. The van der Waals surface area contributed by atoms with Gasteiger partial charge >= 0.3 is 6.01 Å². The summed E-state index contributed by atoms with van der Waals surface area (Å²) in [5, 5.41) is 8.82. The Kier molecular flexibility index (Phi) is 3.29. The zero-order valence-corrected chi connectivity index (χ0v) is 9.17. The van der Waals surface area contributed by atoms with E-state index < -0.39 is 0 Å². The Bertz CT molecular complexity index is 496. The summed E-state index contributed by atoms with van der Waals surface area (Å²) < 4.78 is 4.78. The Labute approximate surface area is 97.2 Å². The molecule has 2 aromatic rings. The molecule has 0 spiro atoms. The lowest BCUT2D eigenvalue weighted by atomic mass is 10.2. The monoisotopic (exact) mass is 233 g/mol. The Morgan fingerprint density at radius 1 is 1.59 bits per heavy atom. The van der Waals surface area contributed by atoms with Crippen molar-refractivity contribution in [1.29, 1.82) is 0 Å². The third-order valence-corrected chi connectivity index (χ3v) is 1.99. The van der Waals surface area contributed by atoms with Crippen molar-refractivity contribution in [3.63, 3.8) is 0 Å². The lowest BCUT2D eigenvalue weighted by Crippen LogP contribution is -2.15. The predicted molar refractivity (Wildman–Crippen MR) is 59.5 cm³/mol. The molecule has 0 aliphatic heterocycles. The van der Waals surface area contributed by atoms with E-state index in [9.17, 15) is 4.79 Å². The quantitative estimate of drug-likeness (QED) is 0.796. The highest BCUT2D eigenvalue weighted by Crippen LogP contribution is 2.05. The van der Waals surface area contributed by atoms with E-state index in [1.807, 2.05) is 6.07 Å². The normalized spacial score (nSPS) is 9.94. The second-order valence-corrected chi connectivity index (χ2v) is 3.26. The average molecular weight is 233 g/mol. The zero-order chi connectivity index (χ0) is 12.1. The highest BCUT2D eigenvalue weighted by molar-refractivity contribution is 5.90. The maximum Gasteiger partial charge on any atom is 0.336 e. The molecule has 1 amide bonds. The summed E-state index contributed by atoms with van der Waals surface area (Å²) in [7, 11) is 1.45. The Hall–Kier alpha value is -2.44. The molecule has 0 bridgehead atoms. The van der Waals surface area contributed by atoms with E-state index in [1.54, 1.807) is 18.5 Å². The smallest absolute Gasteiger partial charge is 0.336 e. The summed E-state index contributed by atoms with van der Waals surface area (Å²) in [6.45, 7) is 0. The number of methoxy groups -OCH3 is 1. The van der Waals surface area contributed by atoms with Gasteiger partial charge in [-0.25, -0.2) is 5.10 Å². The summed E-state index contributed by atoms with van der Waals surface area (Å²) in [5.74, 6) is 0.0625. The number of aromatic nitrogens is 4. The van der Waals surface area contributed by atoms with Crippen molar-refractivity contribution in [1.82, 2.24) is 20.2 Å². The van der Waals surface area contributed by atoms with Gasteiger partial charge in [-0.15, -0.1) is 5.10 Å². The second-order valence-electron chi connectivity index (χ2n) is 3.26. The first-order chi connectivity index (χ1) is 8.28. The van der Waals surface area contributed by atoms with Gasteiger partial charge in [0.2, 0.25) is 11.9 Å². The van der Waals surface area contributed by atoms with E-state index in [0.29, 0.717) is 0 Å². The van der Waals surface area contributed by atoms with Crippen LogP contribution in [0.3, 0.4) is 0 Å². The number of hydrogen-bond donors (Lipinski definition) is 2. The van der Waals surface area contributed by atoms with Crippen molar-refractivity contribution < 1.29 is 9.53 Å². The lowest BCUT2D eigenvalue weighted by Gasteiger charge is -2.00. The molecule has 0 aromatic carbocycles. The largest absolute Gasteiger partial charge is 0.466 e. The van der Waals surface area contributed by atoms with Gasteiger partial charge in [-0.2, -0.15) is 4.98 Å². The molecule has 0 unspecified atom stereocenters. The third kappa shape index (κ3) is 3.00. The van der Waals surface area contributed by atoms with Crippen LogP contribution in [0, 0.1) is 0 Å². The molecule has 7 heteroatoms. The molecule has 7 nitrogen and oxygen atoms in total. The molecule has 0 radical (unpaired) electrons. The van der Waals surface area contributed by atoms with E-state index in [4.69, 9.17) is 4.74 Å². The van der Waals surface area contributed by atoms with Crippen molar-refractivity contribution in [2.45, 2.75) is 6.42 Å². The maximum absolute atomic E-state index is 11.6. The van der Waals surface area contributed by atoms with Crippen LogP contribution in [0.2, 0.25) is 0 Å². The van der Waals surface area contributed by atoms with Crippen LogP contribution in [-0.2, 0) is 11.2 Å². The number of anilines is 1. The minimum atomic E-state index is -0.197. The Morgan fingerprint density at radius 2 is 2.47 bits per heavy atom. The summed E-state index contributed by atoms with van der Waals surface area (Å²) >= 11 is 0. The molecule has 0 aliphatic carbocycles. The minimum Gasteiger partial charge on any atom is -0.466 e. The number of aromatic amines is 1. The van der Waals surface area contributed by atoms with Crippen molar-refractivity contribution in [2.75, 3.05) is 12.4 Å². The van der Waals surface area contributed by atoms with Gasteiger partial charge in [0.25, 0.3) is 0 Å². The molecule has 2 heterocycles. The molecule has 0 fully saturated rings. The number of nitrogens with zero attached hydrogens (tertiary/aromatic N) is 3. The number of amides is 1. The van der Waals surface area contributed by atoms with Crippen LogP contribution in [-0.4, -0.2) is 33.2 Å². The molecular weight excluding hydrogens is 222 g/mol. The third-order valence-electron chi connectivity index (χ3n) is 1.99. The van der Waals surface area contributed by atoms with Crippen molar-refractivity contribution in [2.24, 2.45) is 0 Å². The number of rotatable bonds is 4. The average Bonchev–Trinajstić information content (AvgIpc) is 2.78.